The van der Waals surface area contributed by atoms with Crippen LogP contribution < -0.4 is 9.47 Å². The van der Waals surface area contributed by atoms with Gasteiger partial charge in [0.2, 0.25) is 5.91 Å². The first kappa shape index (κ1) is 38.2. The fourth-order valence-corrected chi connectivity index (χ4v) is 8.04. The Bertz CT molecular complexity index is 1390. The molecule has 1 atom stereocenters. The van der Waals surface area contributed by atoms with Gasteiger partial charge in [-0.3, -0.25) is 4.79 Å². The zero-order valence-corrected chi connectivity index (χ0v) is 29.3. The first-order chi connectivity index (χ1) is 23.8. The van der Waals surface area contributed by atoms with E-state index < -0.39 is 41.2 Å². The lowest BCUT2D eigenvalue weighted by molar-refractivity contribution is -0.143. The smallest absolute Gasteiger partial charge is 0.416 e. The predicted octanol–water partition coefficient (Wildman–Crippen LogP) is 8.36. The number of alkyl halides is 6. The number of likely N-dealkylation sites (tertiary alicyclic amines) is 3. The highest BCUT2D eigenvalue weighted by atomic mass is 19.4. The summed E-state index contributed by atoms with van der Waals surface area (Å²) < 4.78 is 93.4. The molecule has 0 N–H and O–H groups in total. The Labute approximate surface area is 292 Å². The molecule has 2 aromatic carbocycles. The van der Waals surface area contributed by atoms with Crippen molar-refractivity contribution in [1.29, 1.82) is 0 Å². The maximum absolute atomic E-state index is 13.9. The molecule has 3 aliphatic rings. The van der Waals surface area contributed by atoms with Crippen molar-refractivity contribution in [1.82, 2.24) is 14.7 Å². The minimum absolute atomic E-state index is 0.0994. The largest absolute Gasteiger partial charge is 0.490 e. The van der Waals surface area contributed by atoms with Crippen molar-refractivity contribution in [3.63, 3.8) is 0 Å². The number of piperidine rings is 2. The molecular formula is C38H51F6N3O3. The van der Waals surface area contributed by atoms with Gasteiger partial charge in [0.05, 0.1) is 30.8 Å². The number of nitrogens with zero attached hydrogens (tertiary/aromatic N) is 3. The molecule has 3 fully saturated rings. The molecule has 5 rings (SSSR count). The lowest BCUT2D eigenvalue weighted by Crippen LogP contribution is -2.48. The summed E-state index contributed by atoms with van der Waals surface area (Å²) in [5, 5.41) is 0. The molecule has 0 bridgehead atoms. The van der Waals surface area contributed by atoms with Crippen molar-refractivity contribution in [2.45, 2.75) is 102 Å². The van der Waals surface area contributed by atoms with Crippen molar-refractivity contribution in [3.8, 4) is 11.5 Å². The number of hydrogen-bond donors (Lipinski definition) is 0. The van der Waals surface area contributed by atoms with Crippen LogP contribution in [0, 0.1) is 0 Å². The normalized spacial score (nSPS) is 22.0. The van der Waals surface area contributed by atoms with Gasteiger partial charge in [-0.2, -0.15) is 26.3 Å². The van der Waals surface area contributed by atoms with Crippen LogP contribution in [0.3, 0.4) is 0 Å². The van der Waals surface area contributed by atoms with Gasteiger partial charge in [0.15, 0.2) is 11.5 Å². The van der Waals surface area contributed by atoms with Gasteiger partial charge in [-0.15, -0.1) is 0 Å². The second kappa shape index (κ2) is 16.6. The van der Waals surface area contributed by atoms with Crippen LogP contribution in [0.1, 0.15) is 93.9 Å². The number of halogens is 6. The molecule has 12 heteroatoms. The summed E-state index contributed by atoms with van der Waals surface area (Å²) in [6, 6.07) is 7.94. The van der Waals surface area contributed by atoms with Gasteiger partial charge in [-0.05, 0) is 133 Å². The molecule has 278 valence electrons. The maximum Gasteiger partial charge on any atom is 0.416 e. The third-order valence-electron chi connectivity index (χ3n) is 10.7. The minimum atomic E-state index is -4.98. The molecule has 1 amide bonds. The van der Waals surface area contributed by atoms with Crippen molar-refractivity contribution >= 4 is 5.91 Å². The average Bonchev–Trinajstić information content (AvgIpc) is 3.32. The fraction of sp³-hybridized carbons (Fsp3) is 0.658. The molecule has 0 aliphatic carbocycles. The number of ether oxygens (including phenoxy) is 2. The fourth-order valence-electron chi connectivity index (χ4n) is 8.04. The highest BCUT2D eigenvalue weighted by Gasteiger charge is 2.40. The van der Waals surface area contributed by atoms with Gasteiger partial charge >= 0.3 is 12.4 Å². The third kappa shape index (κ3) is 9.66. The molecule has 0 saturated carbocycles. The van der Waals surface area contributed by atoms with Crippen LogP contribution in [0.2, 0.25) is 0 Å². The Balaban J connectivity index is 1.40. The zero-order valence-electron chi connectivity index (χ0n) is 29.3. The SMILES string of the molecule is CCOc1ccc([C@@]2(CCN3CCC(N4CCCCC4)CC3)CCCCN(C(=O)Cc3cc(C(F)(F)F)cc(C(F)(F)F)c3)C2)cc1OCC. The van der Waals surface area contributed by atoms with Crippen LogP contribution in [0.25, 0.3) is 0 Å². The molecule has 3 heterocycles. The maximum atomic E-state index is 13.9. The van der Waals surface area contributed by atoms with Crippen LogP contribution in [-0.2, 0) is 29.0 Å². The van der Waals surface area contributed by atoms with E-state index in [9.17, 15) is 31.1 Å². The monoisotopic (exact) mass is 711 g/mol. The van der Waals surface area contributed by atoms with Crippen LogP contribution >= 0.6 is 0 Å². The minimum Gasteiger partial charge on any atom is -0.490 e. The summed E-state index contributed by atoms with van der Waals surface area (Å²) in [4.78, 5) is 20.7. The Hall–Kier alpha value is -2.99. The van der Waals surface area contributed by atoms with E-state index in [2.05, 4.69) is 9.80 Å². The Kier molecular flexibility index (Phi) is 12.7. The first-order valence-electron chi connectivity index (χ1n) is 18.2. The number of hydrogen-bond acceptors (Lipinski definition) is 5. The van der Waals surface area contributed by atoms with E-state index in [4.69, 9.17) is 9.47 Å². The Morgan fingerprint density at radius 3 is 2.02 bits per heavy atom. The summed E-state index contributed by atoms with van der Waals surface area (Å²) in [7, 11) is 0. The number of rotatable bonds is 11. The van der Waals surface area contributed by atoms with Gasteiger partial charge < -0.3 is 24.2 Å². The van der Waals surface area contributed by atoms with Crippen molar-refractivity contribution in [2.75, 3.05) is 59.0 Å². The average molecular weight is 712 g/mol. The predicted molar refractivity (Wildman–Crippen MR) is 181 cm³/mol. The third-order valence-corrected chi connectivity index (χ3v) is 10.7. The first-order valence-corrected chi connectivity index (χ1v) is 18.2. The molecule has 0 spiro atoms. The van der Waals surface area contributed by atoms with Gasteiger partial charge in [0, 0.05) is 24.5 Å². The van der Waals surface area contributed by atoms with E-state index in [-0.39, 0.29) is 11.6 Å². The summed E-state index contributed by atoms with van der Waals surface area (Å²) in [5.74, 6) is 0.751. The van der Waals surface area contributed by atoms with Gasteiger partial charge in [-0.25, -0.2) is 0 Å². The number of amides is 1. The number of carbonyl (C=O) groups excluding carboxylic acids is 1. The van der Waals surface area contributed by atoms with Crippen LogP contribution in [0.15, 0.2) is 36.4 Å². The molecular weight excluding hydrogens is 660 g/mol. The second-order valence-electron chi connectivity index (χ2n) is 14.1. The molecule has 3 saturated heterocycles. The molecule has 0 unspecified atom stereocenters. The van der Waals surface area contributed by atoms with E-state index in [0.29, 0.717) is 62.4 Å². The van der Waals surface area contributed by atoms with Crippen LogP contribution in [0.4, 0.5) is 26.3 Å². The Morgan fingerprint density at radius 1 is 0.780 bits per heavy atom. The molecule has 3 aliphatic heterocycles. The standard InChI is InChI=1S/C38H51F6N3O3/c1-3-49-33-11-10-29(26-34(33)50-4-2)36(15-21-45-19-12-32(13-20-45)46-16-7-5-8-17-46)14-6-9-18-47(27-36)35(48)24-28-22-30(37(39,40)41)25-31(23-28)38(42,43)44/h10-11,22-23,25-26,32H,3-9,12-21,24,27H2,1-2H3/t36-/m1/s1. The molecule has 2 aromatic rings. The second-order valence-corrected chi connectivity index (χ2v) is 14.1. The quantitative estimate of drug-likeness (QED) is 0.220. The lowest BCUT2D eigenvalue weighted by atomic mass is 9.73. The summed E-state index contributed by atoms with van der Waals surface area (Å²) in [6.45, 7) is 10.5. The van der Waals surface area contributed by atoms with Crippen LogP contribution in [-0.4, -0.2) is 85.7 Å². The lowest BCUT2D eigenvalue weighted by Gasteiger charge is -2.42. The number of carbonyl (C=O) groups is 1. The van der Waals surface area contributed by atoms with E-state index in [0.717, 1.165) is 57.3 Å². The molecule has 50 heavy (non-hydrogen) atoms. The number of benzene rings is 2. The highest BCUT2D eigenvalue weighted by molar-refractivity contribution is 5.79. The van der Waals surface area contributed by atoms with E-state index in [1.54, 1.807) is 4.90 Å². The van der Waals surface area contributed by atoms with Gasteiger partial charge in [-0.1, -0.05) is 18.9 Å². The van der Waals surface area contributed by atoms with E-state index in [1.165, 1.54) is 32.4 Å². The summed E-state index contributed by atoms with van der Waals surface area (Å²) >= 11 is 0. The molecule has 0 radical (unpaired) electrons. The summed E-state index contributed by atoms with van der Waals surface area (Å²) in [6.07, 6.45) is -1.42. The highest BCUT2D eigenvalue weighted by Crippen LogP contribution is 2.42. The molecule has 6 nitrogen and oxygen atoms in total. The van der Waals surface area contributed by atoms with Crippen LogP contribution in [0.5, 0.6) is 11.5 Å². The van der Waals surface area contributed by atoms with Crippen molar-refractivity contribution in [3.05, 3.63) is 58.7 Å². The van der Waals surface area contributed by atoms with E-state index in [1.807, 2.05) is 32.0 Å². The zero-order chi connectivity index (χ0) is 35.9. The Morgan fingerprint density at radius 2 is 1.40 bits per heavy atom. The van der Waals surface area contributed by atoms with Gasteiger partial charge in [0.25, 0.3) is 0 Å². The van der Waals surface area contributed by atoms with E-state index >= 15 is 0 Å². The van der Waals surface area contributed by atoms with Gasteiger partial charge in [0.1, 0.15) is 0 Å². The van der Waals surface area contributed by atoms with Crippen molar-refractivity contribution < 1.29 is 40.6 Å². The molecule has 0 aromatic heterocycles. The van der Waals surface area contributed by atoms with Crippen molar-refractivity contribution in [2.24, 2.45) is 0 Å². The summed E-state index contributed by atoms with van der Waals surface area (Å²) in [5.41, 5.74) is -2.64. The topological polar surface area (TPSA) is 45.2 Å².